The predicted molar refractivity (Wildman–Crippen MR) is 164 cm³/mol. The molecule has 0 aliphatic heterocycles. The number of allylic oxidation sites excluding steroid dienone is 2. The summed E-state index contributed by atoms with van der Waals surface area (Å²) in [6.07, 6.45) is 24.0. The molecular formula is C31H60NO8P. The second-order valence-corrected chi connectivity index (χ2v) is 12.1. The molecule has 2 atom stereocenters. The molecule has 0 aromatic heterocycles. The van der Waals surface area contributed by atoms with Crippen molar-refractivity contribution < 1.29 is 37.6 Å². The van der Waals surface area contributed by atoms with Crippen LogP contribution < -0.4 is 5.73 Å². The number of phosphoric acid groups is 1. The van der Waals surface area contributed by atoms with E-state index in [1.807, 2.05) is 0 Å². The highest BCUT2D eigenvalue weighted by atomic mass is 31.2. The molecule has 0 saturated heterocycles. The van der Waals surface area contributed by atoms with E-state index in [2.05, 4.69) is 26.0 Å². The van der Waals surface area contributed by atoms with Gasteiger partial charge in [0.1, 0.15) is 6.61 Å². The van der Waals surface area contributed by atoms with Crippen molar-refractivity contribution in [2.24, 2.45) is 5.73 Å². The summed E-state index contributed by atoms with van der Waals surface area (Å²) < 4.78 is 32.4. The van der Waals surface area contributed by atoms with Crippen LogP contribution in [0.3, 0.4) is 0 Å². The van der Waals surface area contributed by atoms with Crippen LogP contribution >= 0.6 is 7.82 Å². The third-order valence-corrected chi connectivity index (χ3v) is 7.64. The van der Waals surface area contributed by atoms with E-state index in [4.69, 9.17) is 24.3 Å². The van der Waals surface area contributed by atoms with E-state index in [9.17, 15) is 19.0 Å². The Labute approximate surface area is 249 Å². The normalized spacial score (nSPS) is 13.8. The van der Waals surface area contributed by atoms with Crippen LogP contribution in [0.25, 0.3) is 0 Å². The largest absolute Gasteiger partial charge is 0.472 e. The van der Waals surface area contributed by atoms with Crippen molar-refractivity contribution in [2.45, 2.75) is 148 Å². The molecule has 0 aliphatic carbocycles. The molecule has 0 rings (SSSR count). The summed E-state index contributed by atoms with van der Waals surface area (Å²) in [7, 11) is -4.35. The van der Waals surface area contributed by atoms with Gasteiger partial charge in [0.05, 0.1) is 13.2 Å². The molecule has 0 spiro atoms. The van der Waals surface area contributed by atoms with Gasteiger partial charge in [-0.05, 0) is 38.5 Å². The van der Waals surface area contributed by atoms with E-state index >= 15 is 0 Å². The fourth-order valence-electron chi connectivity index (χ4n) is 4.21. The molecule has 0 aromatic rings. The van der Waals surface area contributed by atoms with Crippen LogP contribution in [0.5, 0.6) is 0 Å². The topological polar surface area (TPSA) is 134 Å². The van der Waals surface area contributed by atoms with Crippen molar-refractivity contribution >= 4 is 19.8 Å². The smallest absolute Gasteiger partial charge is 0.462 e. The van der Waals surface area contributed by atoms with Crippen LogP contribution in [0.4, 0.5) is 0 Å². The molecule has 0 heterocycles. The number of nitrogens with two attached hydrogens (primary N) is 1. The molecule has 0 fully saturated rings. The minimum absolute atomic E-state index is 0.0543. The molecule has 0 amide bonds. The Hall–Kier alpha value is -1.25. The van der Waals surface area contributed by atoms with Crippen LogP contribution in [-0.4, -0.2) is 49.3 Å². The summed E-state index contributed by atoms with van der Waals surface area (Å²) in [5, 5.41) is 0. The number of hydrogen-bond donors (Lipinski definition) is 2. The van der Waals surface area contributed by atoms with E-state index in [-0.39, 0.29) is 32.6 Å². The van der Waals surface area contributed by atoms with E-state index in [0.29, 0.717) is 6.42 Å². The summed E-state index contributed by atoms with van der Waals surface area (Å²) in [5.41, 5.74) is 5.30. The van der Waals surface area contributed by atoms with Gasteiger partial charge in [-0.3, -0.25) is 18.6 Å². The second kappa shape index (κ2) is 28.9. The number of esters is 2. The molecule has 0 bridgehead atoms. The van der Waals surface area contributed by atoms with E-state index in [0.717, 1.165) is 57.8 Å². The lowest BCUT2D eigenvalue weighted by Gasteiger charge is -2.19. The molecule has 0 saturated carbocycles. The number of unbranched alkanes of at least 4 members (excludes halogenated alkanes) is 15. The van der Waals surface area contributed by atoms with Gasteiger partial charge < -0.3 is 20.1 Å². The number of carbonyl (C=O) groups is 2. The minimum atomic E-state index is -4.35. The maximum atomic E-state index is 12.4. The zero-order valence-electron chi connectivity index (χ0n) is 26.0. The molecule has 10 heteroatoms. The van der Waals surface area contributed by atoms with E-state index < -0.39 is 32.5 Å². The standard InChI is InChI=1S/C31H60NO8P/c1-3-5-7-9-11-13-14-15-16-18-19-21-23-30(33)37-27-29(28-39-41(35,36)38-26-25-32)40-31(34)24-22-20-17-12-10-8-6-4-2/h11,13,29H,3-10,12,14-28,32H2,1-2H3,(H,35,36)/b13-11+/t29-/m0/s1. The van der Waals surface area contributed by atoms with E-state index in [1.54, 1.807) is 0 Å². The lowest BCUT2D eigenvalue weighted by Crippen LogP contribution is -2.29. The first kappa shape index (κ1) is 39.8. The van der Waals surface area contributed by atoms with Gasteiger partial charge in [0.2, 0.25) is 0 Å². The summed E-state index contributed by atoms with van der Waals surface area (Å²) in [4.78, 5) is 34.4. The molecular weight excluding hydrogens is 545 g/mol. The van der Waals surface area contributed by atoms with Gasteiger partial charge in [0.15, 0.2) is 6.10 Å². The van der Waals surface area contributed by atoms with Gasteiger partial charge in [0.25, 0.3) is 0 Å². The van der Waals surface area contributed by atoms with Gasteiger partial charge in [-0.25, -0.2) is 4.57 Å². The molecule has 41 heavy (non-hydrogen) atoms. The van der Waals surface area contributed by atoms with Gasteiger partial charge in [-0.2, -0.15) is 0 Å². The summed E-state index contributed by atoms with van der Waals surface area (Å²) in [6, 6.07) is 0. The van der Waals surface area contributed by atoms with Gasteiger partial charge in [-0.15, -0.1) is 0 Å². The Morgan fingerprint density at radius 1 is 0.707 bits per heavy atom. The summed E-state index contributed by atoms with van der Waals surface area (Å²) >= 11 is 0. The number of carbonyl (C=O) groups excluding carboxylic acids is 2. The summed E-state index contributed by atoms with van der Waals surface area (Å²) in [6.45, 7) is 3.63. The Kier molecular flexibility index (Phi) is 28.0. The third-order valence-electron chi connectivity index (χ3n) is 6.65. The molecule has 0 radical (unpaired) electrons. The van der Waals surface area contributed by atoms with Crippen LogP contribution in [0.1, 0.15) is 142 Å². The Morgan fingerprint density at radius 3 is 1.78 bits per heavy atom. The number of phosphoric ester groups is 1. The van der Waals surface area contributed by atoms with Crippen molar-refractivity contribution in [1.29, 1.82) is 0 Å². The molecule has 242 valence electrons. The van der Waals surface area contributed by atoms with E-state index in [1.165, 1.54) is 51.4 Å². The number of rotatable bonds is 30. The van der Waals surface area contributed by atoms with Gasteiger partial charge in [-0.1, -0.05) is 103 Å². The van der Waals surface area contributed by atoms with Crippen LogP contribution in [0.2, 0.25) is 0 Å². The van der Waals surface area contributed by atoms with Crippen LogP contribution in [0.15, 0.2) is 12.2 Å². The molecule has 0 aliphatic rings. The second-order valence-electron chi connectivity index (χ2n) is 10.7. The zero-order chi connectivity index (χ0) is 30.4. The zero-order valence-corrected chi connectivity index (χ0v) is 26.9. The minimum Gasteiger partial charge on any atom is -0.462 e. The highest BCUT2D eigenvalue weighted by molar-refractivity contribution is 7.47. The Bertz CT molecular complexity index is 704. The molecule has 1 unspecified atom stereocenters. The van der Waals surface area contributed by atoms with Crippen molar-refractivity contribution in [3.63, 3.8) is 0 Å². The first-order chi connectivity index (χ1) is 19.8. The lowest BCUT2D eigenvalue weighted by atomic mass is 10.1. The third kappa shape index (κ3) is 28.6. The fraction of sp³-hybridized carbons (Fsp3) is 0.871. The van der Waals surface area contributed by atoms with Crippen molar-refractivity contribution in [3.05, 3.63) is 12.2 Å². The highest BCUT2D eigenvalue weighted by Gasteiger charge is 2.25. The van der Waals surface area contributed by atoms with Crippen LogP contribution in [-0.2, 0) is 32.7 Å². The SMILES string of the molecule is CCCCC/C=C/CCCCCCCC(=O)OC[C@@H](COP(=O)(O)OCCN)OC(=O)CCCCCCCCCC. The fourth-order valence-corrected chi connectivity index (χ4v) is 4.98. The van der Waals surface area contributed by atoms with Crippen LogP contribution in [0, 0.1) is 0 Å². The molecule has 0 aromatic carbocycles. The number of ether oxygens (including phenoxy) is 2. The number of hydrogen-bond acceptors (Lipinski definition) is 8. The highest BCUT2D eigenvalue weighted by Crippen LogP contribution is 2.43. The summed E-state index contributed by atoms with van der Waals surface area (Å²) in [5.74, 6) is -0.845. The van der Waals surface area contributed by atoms with Gasteiger partial charge in [0, 0.05) is 19.4 Å². The average molecular weight is 606 g/mol. The maximum Gasteiger partial charge on any atom is 0.472 e. The maximum absolute atomic E-state index is 12.4. The average Bonchev–Trinajstić information content (AvgIpc) is 2.95. The quantitative estimate of drug-likeness (QED) is 0.0362. The predicted octanol–water partition coefficient (Wildman–Crippen LogP) is 7.93. The van der Waals surface area contributed by atoms with Gasteiger partial charge >= 0.3 is 19.8 Å². The van der Waals surface area contributed by atoms with Crippen molar-refractivity contribution in [2.75, 3.05) is 26.4 Å². The van der Waals surface area contributed by atoms with Crippen molar-refractivity contribution in [1.82, 2.24) is 0 Å². The van der Waals surface area contributed by atoms with Crippen molar-refractivity contribution in [3.8, 4) is 0 Å². The molecule has 9 nitrogen and oxygen atoms in total. The lowest BCUT2D eigenvalue weighted by molar-refractivity contribution is -0.161. The first-order valence-electron chi connectivity index (χ1n) is 16.2. The Balaban J connectivity index is 4.30. The first-order valence-corrected chi connectivity index (χ1v) is 17.7. The molecule has 3 N–H and O–H groups in total. The Morgan fingerprint density at radius 2 is 1.20 bits per heavy atom. The monoisotopic (exact) mass is 605 g/mol.